The second kappa shape index (κ2) is 7.03. The molecule has 0 N–H and O–H groups in total. The topological polar surface area (TPSA) is 34.9 Å². The number of aryl methyl sites for hydroxylation is 2. The summed E-state index contributed by atoms with van der Waals surface area (Å²) in [5, 5.41) is 4.58. The normalized spacial score (nSPS) is 12.2. The first kappa shape index (κ1) is 17.7. The minimum atomic E-state index is -0.568. The van der Waals surface area contributed by atoms with Crippen LogP contribution in [0.5, 0.6) is 0 Å². The summed E-state index contributed by atoms with van der Waals surface area (Å²) in [5.41, 5.74) is 5.28. The van der Waals surface area contributed by atoms with Gasteiger partial charge in [0.1, 0.15) is 5.69 Å². The molecule has 0 aliphatic carbocycles. The highest BCUT2D eigenvalue weighted by Gasteiger charge is 2.19. The lowest BCUT2D eigenvalue weighted by atomic mass is 10.0. The Morgan fingerprint density at radius 1 is 1.08 bits per heavy atom. The van der Waals surface area contributed by atoms with Crippen molar-refractivity contribution in [3.8, 4) is 11.3 Å². The zero-order valence-corrected chi connectivity index (χ0v) is 15.8. The van der Waals surface area contributed by atoms with E-state index in [-0.39, 0.29) is 11.7 Å². The Balaban J connectivity index is 2.13. The van der Waals surface area contributed by atoms with Crippen molar-refractivity contribution in [2.75, 3.05) is 0 Å². The van der Waals surface area contributed by atoms with Gasteiger partial charge in [0.25, 0.3) is 5.24 Å². The molecule has 1 unspecified atom stereocenters. The number of halogens is 2. The number of nitrogens with zero attached hydrogens (tertiary/aromatic N) is 2. The molecule has 0 aliphatic rings. The standard InChI is InChI=1S/C20H18Cl2N2O/c1-12-4-6-15(7-5-12)14(3)24-19(11-18(23-24)20(22)25)16-8-9-17(21)13(2)10-16/h4-11,14H,1-3H3. The predicted octanol–water partition coefficient (Wildman–Crippen LogP) is 5.81. The van der Waals surface area contributed by atoms with Crippen molar-refractivity contribution in [2.45, 2.75) is 26.8 Å². The first-order valence-corrected chi connectivity index (χ1v) is 8.75. The summed E-state index contributed by atoms with van der Waals surface area (Å²) < 4.78 is 1.84. The number of rotatable bonds is 4. The van der Waals surface area contributed by atoms with E-state index < -0.39 is 5.24 Å². The molecule has 128 valence electrons. The Kier molecular flexibility index (Phi) is 4.98. The Morgan fingerprint density at radius 2 is 1.76 bits per heavy atom. The van der Waals surface area contributed by atoms with Crippen molar-refractivity contribution in [1.82, 2.24) is 9.78 Å². The highest BCUT2D eigenvalue weighted by Crippen LogP contribution is 2.30. The van der Waals surface area contributed by atoms with Crippen LogP contribution in [0.3, 0.4) is 0 Å². The Labute approximate surface area is 157 Å². The van der Waals surface area contributed by atoms with Crippen molar-refractivity contribution in [2.24, 2.45) is 0 Å². The Hall–Kier alpha value is -2.10. The van der Waals surface area contributed by atoms with Gasteiger partial charge in [-0.2, -0.15) is 5.10 Å². The minimum Gasteiger partial charge on any atom is -0.274 e. The van der Waals surface area contributed by atoms with Crippen LogP contribution in [0, 0.1) is 13.8 Å². The molecular formula is C20H18Cl2N2O. The van der Waals surface area contributed by atoms with Crippen LogP contribution in [0.2, 0.25) is 5.02 Å². The molecule has 5 heteroatoms. The van der Waals surface area contributed by atoms with E-state index in [0.29, 0.717) is 5.02 Å². The molecule has 0 saturated carbocycles. The molecule has 1 atom stereocenters. The summed E-state index contributed by atoms with van der Waals surface area (Å²) in [6.07, 6.45) is 0. The number of carbonyl (C=O) groups is 1. The van der Waals surface area contributed by atoms with E-state index >= 15 is 0 Å². The van der Waals surface area contributed by atoms with E-state index in [4.69, 9.17) is 23.2 Å². The number of benzene rings is 2. The molecular weight excluding hydrogens is 355 g/mol. The smallest absolute Gasteiger partial charge is 0.272 e. The van der Waals surface area contributed by atoms with Crippen LogP contribution in [0.4, 0.5) is 0 Å². The second-order valence-corrected chi connectivity index (χ2v) is 6.93. The SMILES string of the molecule is Cc1ccc(C(C)n2nc(C(=O)Cl)cc2-c2ccc(Cl)c(C)c2)cc1. The summed E-state index contributed by atoms with van der Waals surface area (Å²) in [4.78, 5) is 11.6. The van der Waals surface area contributed by atoms with Gasteiger partial charge in [-0.3, -0.25) is 9.48 Å². The van der Waals surface area contributed by atoms with Gasteiger partial charge < -0.3 is 0 Å². The third-order valence-electron chi connectivity index (χ3n) is 4.32. The van der Waals surface area contributed by atoms with Crippen molar-refractivity contribution < 1.29 is 4.79 Å². The molecule has 0 saturated heterocycles. The predicted molar refractivity (Wildman–Crippen MR) is 103 cm³/mol. The highest BCUT2D eigenvalue weighted by molar-refractivity contribution is 6.67. The summed E-state index contributed by atoms with van der Waals surface area (Å²) in [5.74, 6) is 0. The van der Waals surface area contributed by atoms with Crippen molar-refractivity contribution >= 4 is 28.4 Å². The van der Waals surface area contributed by atoms with E-state index in [9.17, 15) is 4.79 Å². The zero-order chi connectivity index (χ0) is 18.1. The van der Waals surface area contributed by atoms with E-state index in [2.05, 4.69) is 36.3 Å². The molecule has 25 heavy (non-hydrogen) atoms. The van der Waals surface area contributed by atoms with Crippen LogP contribution in [-0.4, -0.2) is 15.0 Å². The highest BCUT2D eigenvalue weighted by atomic mass is 35.5. The fourth-order valence-electron chi connectivity index (χ4n) is 2.79. The lowest BCUT2D eigenvalue weighted by molar-refractivity contribution is 0.107. The molecule has 0 fully saturated rings. The summed E-state index contributed by atoms with van der Waals surface area (Å²) in [7, 11) is 0. The average molecular weight is 373 g/mol. The van der Waals surface area contributed by atoms with Gasteiger partial charge in [0, 0.05) is 10.6 Å². The molecule has 3 aromatic rings. The third-order valence-corrected chi connectivity index (χ3v) is 4.94. The largest absolute Gasteiger partial charge is 0.274 e. The summed E-state index contributed by atoms with van der Waals surface area (Å²) in [6.45, 7) is 6.05. The first-order chi connectivity index (χ1) is 11.9. The van der Waals surface area contributed by atoms with Crippen LogP contribution >= 0.6 is 23.2 Å². The van der Waals surface area contributed by atoms with Gasteiger partial charge in [0.15, 0.2) is 0 Å². The zero-order valence-electron chi connectivity index (χ0n) is 14.3. The Morgan fingerprint density at radius 3 is 2.36 bits per heavy atom. The molecule has 0 radical (unpaired) electrons. The van der Waals surface area contributed by atoms with Gasteiger partial charge in [0.2, 0.25) is 0 Å². The Bertz CT molecular complexity index is 929. The lowest BCUT2D eigenvalue weighted by Crippen LogP contribution is -2.11. The number of hydrogen-bond donors (Lipinski definition) is 0. The first-order valence-electron chi connectivity index (χ1n) is 7.99. The second-order valence-electron chi connectivity index (χ2n) is 6.18. The summed E-state index contributed by atoms with van der Waals surface area (Å²) in [6, 6.07) is 15.7. The van der Waals surface area contributed by atoms with Gasteiger partial charge in [-0.25, -0.2) is 0 Å². The van der Waals surface area contributed by atoms with Crippen molar-refractivity contribution in [3.63, 3.8) is 0 Å². The van der Waals surface area contributed by atoms with Crippen LogP contribution in [0.15, 0.2) is 48.5 Å². The maximum Gasteiger partial charge on any atom is 0.272 e. The lowest BCUT2D eigenvalue weighted by Gasteiger charge is -2.17. The molecule has 0 bridgehead atoms. The minimum absolute atomic E-state index is 0.0450. The quantitative estimate of drug-likeness (QED) is 0.541. The molecule has 2 aromatic carbocycles. The van der Waals surface area contributed by atoms with Crippen molar-refractivity contribution in [3.05, 3.63) is 75.9 Å². The van der Waals surface area contributed by atoms with Gasteiger partial charge >= 0.3 is 0 Å². The monoisotopic (exact) mass is 372 g/mol. The molecule has 1 heterocycles. The number of carbonyl (C=O) groups excluding carboxylic acids is 1. The number of hydrogen-bond acceptors (Lipinski definition) is 2. The van der Waals surface area contributed by atoms with Gasteiger partial charge in [-0.05, 0) is 61.7 Å². The molecule has 1 aromatic heterocycles. The molecule has 3 nitrogen and oxygen atoms in total. The molecule has 0 spiro atoms. The van der Waals surface area contributed by atoms with E-state index in [1.54, 1.807) is 6.07 Å². The third kappa shape index (κ3) is 3.63. The van der Waals surface area contributed by atoms with Gasteiger partial charge in [0.05, 0.1) is 11.7 Å². The average Bonchev–Trinajstić information content (AvgIpc) is 3.03. The van der Waals surface area contributed by atoms with Crippen LogP contribution in [-0.2, 0) is 0 Å². The molecule has 0 amide bonds. The maximum absolute atomic E-state index is 11.6. The van der Waals surface area contributed by atoms with Gasteiger partial charge in [-0.1, -0.05) is 47.5 Å². The maximum atomic E-state index is 11.6. The van der Waals surface area contributed by atoms with Crippen molar-refractivity contribution in [1.29, 1.82) is 0 Å². The van der Waals surface area contributed by atoms with Gasteiger partial charge in [-0.15, -0.1) is 0 Å². The number of aromatic nitrogens is 2. The van der Waals surface area contributed by atoms with Crippen LogP contribution in [0.1, 0.15) is 40.1 Å². The van der Waals surface area contributed by atoms with E-state index in [1.165, 1.54) is 5.56 Å². The fourth-order valence-corrected chi connectivity index (χ4v) is 3.00. The van der Waals surface area contributed by atoms with Crippen LogP contribution < -0.4 is 0 Å². The molecule has 0 aliphatic heterocycles. The summed E-state index contributed by atoms with van der Waals surface area (Å²) >= 11 is 11.8. The van der Waals surface area contributed by atoms with E-state index in [1.807, 2.05) is 36.7 Å². The van der Waals surface area contributed by atoms with E-state index in [0.717, 1.165) is 22.4 Å². The molecule has 3 rings (SSSR count). The fraction of sp³-hybridized carbons (Fsp3) is 0.200. The van der Waals surface area contributed by atoms with Crippen LogP contribution in [0.25, 0.3) is 11.3 Å².